The Labute approximate surface area is 173 Å². The number of pyridine rings is 1. The molecule has 1 aromatic heterocycles. The molecule has 0 radical (unpaired) electrons. The van der Waals surface area contributed by atoms with Crippen molar-refractivity contribution in [1.82, 2.24) is 14.8 Å². The lowest BCUT2D eigenvalue weighted by molar-refractivity contribution is 0.0632. The van der Waals surface area contributed by atoms with Gasteiger partial charge in [0.05, 0.1) is 13.2 Å². The lowest BCUT2D eigenvalue weighted by Crippen LogP contribution is -2.44. The lowest BCUT2D eigenvalue weighted by Gasteiger charge is -2.30. The van der Waals surface area contributed by atoms with Gasteiger partial charge in [0.1, 0.15) is 11.3 Å². The number of rotatable bonds is 8. The van der Waals surface area contributed by atoms with Crippen molar-refractivity contribution in [3.63, 3.8) is 0 Å². The van der Waals surface area contributed by atoms with Crippen LogP contribution >= 0.6 is 0 Å². The monoisotopic (exact) mass is 415 g/mol. The molecule has 1 aromatic carbocycles. The van der Waals surface area contributed by atoms with Crippen LogP contribution in [-0.2, 0) is 17.8 Å². The van der Waals surface area contributed by atoms with Gasteiger partial charge in [-0.15, -0.1) is 0 Å². The van der Waals surface area contributed by atoms with E-state index in [0.717, 1.165) is 5.56 Å². The molecule has 0 spiro atoms. The third kappa shape index (κ3) is 4.30. The van der Waals surface area contributed by atoms with Gasteiger partial charge in [0.25, 0.3) is 11.8 Å². The number of carbonyl (C=O) groups excluding carboxylic acids is 2. The first-order valence-corrected chi connectivity index (χ1v) is 9.71. The molecule has 1 aliphatic heterocycles. The van der Waals surface area contributed by atoms with Gasteiger partial charge in [0, 0.05) is 45.0 Å². The summed E-state index contributed by atoms with van der Waals surface area (Å²) >= 11 is 0. The highest BCUT2D eigenvalue weighted by atomic mass is 16.5. The Hall–Kier alpha value is -3.33. The standard InChI is InChI=1S/C21H25N3O6/c1-3-30-16-7-5-4-6-14(16)12-22-20(27)15-13-24-9-8-23(10-11-29-2)21(28)17(24)19(26)18(15)25/h4-7,13,26H,3,8-12H2,1-2H3,(H,22,27). The average molecular weight is 415 g/mol. The molecule has 3 rings (SSSR count). The van der Waals surface area contributed by atoms with E-state index in [1.165, 1.54) is 22.8 Å². The summed E-state index contributed by atoms with van der Waals surface area (Å²) in [5, 5.41) is 13.1. The third-order valence-electron chi connectivity index (χ3n) is 4.88. The summed E-state index contributed by atoms with van der Waals surface area (Å²) in [6.07, 6.45) is 1.33. The van der Waals surface area contributed by atoms with Gasteiger partial charge in [-0.05, 0) is 13.0 Å². The van der Waals surface area contributed by atoms with Gasteiger partial charge in [-0.1, -0.05) is 18.2 Å². The zero-order chi connectivity index (χ0) is 21.7. The second-order valence-corrected chi connectivity index (χ2v) is 6.77. The van der Waals surface area contributed by atoms with Crippen LogP contribution in [0.15, 0.2) is 35.3 Å². The molecule has 0 aliphatic carbocycles. The molecular weight excluding hydrogens is 390 g/mol. The molecule has 0 fully saturated rings. The summed E-state index contributed by atoms with van der Waals surface area (Å²) in [5.74, 6) is -1.17. The SMILES string of the molecule is CCOc1ccccc1CNC(=O)c1cn2c(c(O)c1=O)C(=O)N(CCOC)CC2. The Kier molecular flexibility index (Phi) is 6.73. The smallest absolute Gasteiger partial charge is 0.274 e. The maximum Gasteiger partial charge on any atom is 0.274 e. The minimum absolute atomic E-state index is 0.111. The fourth-order valence-corrected chi connectivity index (χ4v) is 3.32. The Balaban J connectivity index is 1.81. The Morgan fingerprint density at radius 1 is 1.23 bits per heavy atom. The predicted octanol–water partition coefficient (Wildman–Crippen LogP) is 0.985. The number of fused-ring (bicyclic) bond motifs is 1. The minimum atomic E-state index is -0.876. The summed E-state index contributed by atoms with van der Waals surface area (Å²) < 4.78 is 12.0. The van der Waals surface area contributed by atoms with Crippen molar-refractivity contribution in [1.29, 1.82) is 0 Å². The molecule has 0 saturated heterocycles. The van der Waals surface area contributed by atoms with E-state index in [1.807, 2.05) is 25.1 Å². The van der Waals surface area contributed by atoms with E-state index < -0.39 is 23.0 Å². The van der Waals surface area contributed by atoms with Crippen molar-refractivity contribution in [2.45, 2.75) is 20.0 Å². The van der Waals surface area contributed by atoms with E-state index in [4.69, 9.17) is 9.47 Å². The number of aromatic nitrogens is 1. The Morgan fingerprint density at radius 2 is 2.00 bits per heavy atom. The van der Waals surface area contributed by atoms with E-state index in [9.17, 15) is 19.5 Å². The van der Waals surface area contributed by atoms with Crippen LogP contribution in [0.25, 0.3) is 0 Å². The second-order valence-electron chi connectivity index (χ2n) is 6.77. The van der Waals surface area contributed by atoms with Crippen LogP contribution in [0.5, 0.6) is 11.5 Å². The molecule has 160 valence electrons. The molecule has 9 heteroatoms. The van der Waals surface area contributed by atoms with E-state index in [0.29, 0.717) is 38.6 Å². The maximum absolute atomic E-state index is 12.6. The first-order chi connectivity index (χ1) is 14.5. The molecule has 1 aliphatic rings. The summed E-state index contributed by atoms with van der Waals surface area (Å²) in [4.78, 5) is 39.4. The minimum Gasteiger partial charge on any atom is -0.503 e. The summed E-state index contributed by atoms with van der Waals surface area (Å²) in [5.41, 5.74) is -0.443. The molecule has 0 saturated carbocycles. The average Bonchev–Trinajstić information content (AvgIpc) is 2.75. The highest BCUT2D eigenvalue weighted by Gasteiger charge is 2.30. The first-order valence-electron chi connectivity index (χ1n) is 9.71. The van der Waals surface area contributed by atoms with Crippen LogP contribution in [0, 0.1) is 0 Å². The zero-order valence-electron chi connectivity index (χ0n) is 17.0. The summed E-state index contributed by atoms with van der Waals surface area (Å²) in [7, 11) is 1.53. The van der Waals surface area contributed by atoms with Crippen molar-refractivity contribution in [3.8, 4) is 11.5 Å². The number of hydrogen-bond acceptors (Lipinski definition) is 6. The number of aromatic hydroxyl groups is 1. The van der Waals surface area contributed by atoms with Crippen molar-refractivity contribution in [3.05, 3.63) is 57.5 Å². The predicted molar refractivity (Wildman–Crippen MR) is 109 cm³/mol. The summed E-state index contributed by atoms with van der Waals surface area (Å²) in [6, 6.07) is 7.27. The number of carbonyl (C=O) groups is 2. The van der Waals surface area contributed by atoms with Crippen molar-refractivity contribution in [2.24, 2.45) is 0 Å². The molecule has 2 amide bonds. The van der Waals surface area contributed by atoms with Gasteiger partial charge in [-0.3, -0.25) is 14.4 Å². The number of para-hydroxylation sites is 1. The Bertz CT molecular complexity index is 1000. The van der Waals surface area contributed by atoms with Crippen LogP contribution in [0.4, 0.5) is 0 Å². The number of nitrogens with one attached hydrogen (secondary N) is 1. The zero-order valence-corrected chi connectivity index (χ0v) is 17.0. The highest BCUT2D eigenvalue weighted by molar-refractivity contribution is 5.99. The number of amides is 2. The molecule has 2 aromatic rings. The van der Waals surface area contributed by atoms with Gasteiger partial charge < -0.3 is 29.4 Å². The van der Waals surface area contributed by atoms with Crippen LogP contribution < -0.4 is 15.5 Å². The van der Waals surface area contributed by atoms with Gasteiger partial charge in [0.15, 0.2) is 11.4 Å². The van der Waals surface area contributed by atoms with Gasteiger partial charge in [-0.25, -0.2) is 0 Å². The maximum atomic E-state index is 12.6. The quantitative estimate of drug-likeness (QED) is 0.665. The topological polar surface area (TPSA) is 110 Å². The molecule has 0 unspecified atom stereocenters. The summed E-state index contributed by atoms with van der Waals surface area (Å²) in [6.45, 7) is 3.95. The molecule has 9 nitrogen and oxygen atoms in total. The fourth-order valence-electron chi connectivity index (χ4n) is 3.32. The molecule has 30 heavy (non-hydrogen) atoms. The van der Waals surface area contributed by atoms with E-state index in [-0.39, 0.29) is 17.8 Å². The number of ether oxygens (including phenoxy) is 2. The molecule has 0 atom stereocenters. The fraction of sp³-hybridized carbons (Fsp3) is 0.381. The van der Waals surface area contributed by atoms with E-state index >= 15 is 0 Å². The van der Waals surface area contributed by atoms with E-state index in [2.05, 4.69) is 5.32 Å². The first kappa shape index (κ1) is 21.4. The number of benzene rings is 1. The molecule has 0 bridgehead atoms. The molecule has 2 N–H and O–H groups in total. The largest absolute Gasteiger partial charge is 0.503 e. The Morgan fingerprint density at radius 3 is 2.73 bits per heavy atom. The number of methoxy groups -OCH3 is 1. The molecule has 2 heterocycles. The normalized spacial score (nSPS) is 13.1. The highest BCUT2D eigenvalue weighted by Crippen LogP contribution is 2.21. The van der Waals surface area contributed by atoms with Crippen LogP contribution in [-0.4, -0.2) is 59.8 Å². The van der Waals surface area contributed by atoms with Crippen molar-refractivity contribution in [2.75, 3.05) is 33.4 Å². The number of hydrogen-bond donors (Lipinski definition) is 2. The van der Waals surface area contributed by atoms with Crippen molar-refractivity contribution >= 4 is 11.8 Å². The van der Waals surface area contributed by atoms with Crippen LogP contribution in [0.1, 0.15) is 33.3 Å². The third-order valence-corrected chi connectivity index (χ3v) is 4.88. The molecular formula is C21H25N3O6. The van der Waals surface area contributed by atoms with Crippen LogP contribution in [0.2, 0.25) is 0 Å². The second kappa shape index (κ2) is 9.45. The van der Waals surface area contributed by atoms with Crippen LogP contribution in [0.3, 0.4) is 0 Å². The van der Waals surface area contributed by atoms with E-state index in [1.54, 1.807) is 6.07 Å². The van der Waals surface area contributed by atoms with Gasteiger partial charge in [0.2, 0.25) is 5.43 Å². The lowest BCUT2D eigenvalue weighted by atomic mass is 10.1. The number of nitrogens with zero attached hydrogens (tertiary/aromatic N) is 2. The van der Waals surface area contributed by atoms with Gasteiger partial charge in [-0.2, -0.15) is 0 Å². The van der Waals surface area contributed by atoms with Gasteiger partial charge >= 0.3 is 0 Å². The van der Waals surface area contributed by atoms with Crippen molar-refractivity contribution < 1.29 is 24.2 Å².